The van der Waals surface area contributed by atoms with Crippen LogP contribution in [0.2, 0.25) is 0 Å². The number of aromatic nitrogens is 1. The Morgan fingerprint density at radius 2 is 2.33 bits per heavy atom. The van der Waals surface area contributed by atoms with E-state index in [1.807, 2.05) is 0 Å². The number of hydrogen-bond acceptors (Lipinski definition) is 4. The Labute approximate surface area is 95.3 Å². The number of rotatable bonds is 3. The molecule has 0 aliphatic carbocycles. The standard InChI is InChI=1S/C11H19N3S/c1-8(2)6-14-4-3-9-10(7-14)15-11(5-12)13-9/h8H,3-7,12H2,1-2H3. The van der Waals surface area contributed by atoms with E-state index in [4.69, 9.17) is 5.73 Å². The molecule has 2 heterocycles. The van der Waals surface area contributed by atoms with E-state index in [0.29, 0.717) is 6.54 Å². The van der Waals surface area contributed by atoms with Gasteiger partial charge < -0.3 is 5.73 Å². The van der Waals surface area contributed by atoms with Crippen LogP contribution in [0.5, 0.6) is 0 Å². The third-order valence-corrected chi connectivity index (χ3v) is 3.76. The molecule has 15 heavy (non-hydrogen) atoms. The highest BCUT2D eigenvalue weighted by molar-refractivity contribution is 7.11. The smallest absolute Gasteiger partial charge is 0.107 e. The highest BCUT2D eigenvalue weighted by Gasteiger charge is 2.20. The second-order valence-corrected chi connectivity index (χ2v) is 5.73. The number of fused-ring (bicyclic) bond motifs is 1. The molecule has 0 unspecified atom stereocenters. The summed E-state index contributed by atoms with van der Waals surface area (Å²) < 4.78 is 0. The Kier molecular flexibility index (Phi) is 3.38. The summed E-state index contributed by atoms with van der Waals surface area (Å²) in [5.41, 5.74) is 6.90. The first kappa shape index (κ1) is 11.0. The maximum atomic E-state index is 5.61. The molecule has 1 aromatic rings. The first-order valence-electron chi connectivity index (χ1n) is 5.59. The zero-order valence-electron chi connectivity index (χ0n) is 9.49. The van der Waals surface area contributed by atoms with E-state index in [9.17, 15) is 0 Å². The molecular weight excluding hydrogens is 206 g/mol. The molecule has 0 spiro atoms. The molecule has 3 nitrogen and oxygen atoms in total. The normalized spacial score (nSPS) is 17.1. The fraction of sp³-hybridized carbons (Fsp3) is 0.727. The summed E-state index contributed by atoms with van der Waals surface area (Å²) in [5.74, 6) is 0.744. The van der Waals surface area contributed by atoms with Crippen LogP contribution in [0.15, 0.2) is 0 Å². The van der Waals surface area contributed by atoms with Gasteiger partial charge in [0.2, 0.25) is 0 Å². The zero-order chi connectivity index (χ0) is 10.8. The quantitative estimate of drug-likeness (QED) is 0.850. The fourth-order valence-electron chi connectivity index (χ4n) is 2.06. The Morgan fingerprint density at radius 1 is 1.53 bits per heavy atom. The van der Waals surface area contributed by atoms with E-state index in [0.717, 1.165) is 30.4 Å². The van der Waals surface area contributed by atoms with Gasteiger partial charge in [-0.3, -0.25) is 4.90 Å². The molecule has 1 aromatic heterocycles. The van der Waals surface area contributed by atoms with Crippen LogP contribution in [0.1, 0.15) is 29.4 Å². The molecular formula is C11H19N3S. The maximum Gasteiger partial charge on any atom is 0.107 e. The van der Waals surface area contributed by atoms with Crippen molar-refractivity contribution in [1.82, 2.24) is 9.88 Å². The van der Waals surface area contributed by atoms with Crippen LogP contribution in [0.25, 0.3) is 0 Å². The van der Waals surface area contributed by atoms with Gasteiger partial charge in [-0.2, -0.15) is 0 Å². The topological polar surface area (TPSA) is 42.2 Å². The van der Waals surface area contributed by atoms with Crippen LogP contribution in [0.3, 0.4) is 0 Å². The second kappa shape index (κ2) is 4.60. The van der Waals surface area contributed by atoms with E-state index >= 15 is 0 Å². The van der Waals surface area contributed by atoms with Crippen LogP contribution in [-0.4, -0.2) is 23.0 Å². The molecule has 0 saturated heterocycles. The van der Waals surface area contributed by atoms with Gasteiger partial charge in [0.25, 0.3) is 0 Å². The van der Waals surface area contributed by atoms with Gasteiger partial charge in [-0.25, -0.2) is 4.98 Å². The summed E-state index contributed by atoms with van der Waals surface area (Å²) >= 11 is 1.79. The lowest BCUT2D eigenvalue weighted by molar-refractivity contribution is 0.228. The molecule has 4 heteroatoms. The van der Waals surface area contributed by atoms with E-state index < -0.39 is 0 Å². The Hall–Kier alpha value is -0.450. The summed E-state index contributed by atoms with van der Waals surface area (Å²) in [6, 6.07) is 0. The average molecular weight is 225 g/mol. The highest BCUT2D eigenvalue weighted by atomic mass is 32.1. The van der Waals surface area contributed by atoms with Crippen molar-refractivity contribution in [2.75, 3.05) is 13.1 Å². The van der Waals surface area contributed by atoms with Gasteiger partial charge in [0.15, 0.2) is 0 Å². The van der Waals surface area contributed by atoms with Gasteiger partial charge >= 0.3 is 0 Å². The van der Waals surface area contributed by atoms with Crippen LogP contribution >= 0.6 is 11.3 Å². The highest BCUT2D eigenvalue weighted by Crippen LogP contribution is 2.25. The summed E-state index contributed by atoms with van der Waals surface area (Å²) in [5, 5.41) is 1.09. The maximum absolute atomic E-state index is 5.61. The molecule has 0 saturated carbocycles. The Morgan fingerprint density at radius 3 is 3.00 bits per heavy atom. The van der Waals surface area contributed by atoms with Crippen molar-refractivity contribution in [3.05, 3.63) is 15.6 Å². The summed E-state index contributed by atoms with van der Waals surface area (Å²) in [6.45, 7) is 8.54. The molecule has 2 N–H and O–H groups in total. The van der Waals surface area contributed by atoms with Gasteiger partial charge in [-0.15, -0.1) is 11.3 Å². The Balaban J connectivity index is 2.05. The summed E-state index contributed by atoms with van der Waals surface area (Å²) in [4.78, 5) is 8.50. The molecule has 2 rings (SSSR count). The molecule has 0 bridgehead atoms. The summed E-state index contributed by atoms with van der Waals surface area (Å²) in [7, 11) is 0. The minimum atomic E-state index is 0.585. The lowest BCUT2D eigenvalue weighted by atomic mass is 10.1. The molecule has 0 atom stereocenters. The molecule has 0 fully saturated rings. The predicted octanol–water partition coefficient (Wildman–Crippen LogP) is 1.62. The minimum Gasteiger partial charge on any atom is -0.325 e. The lowest BCUT2D eigenvalue weighted by Crippen LogP contribution is -2.32. The van der Waals surface area contributed by atoms with Crippen molar-refractivity contribution in [2.24, 2.45) is 11.7 Å². The summed E-state index contributed by atoms with van der Waals surface area (Å²) in [6.07, 6.45) is 1.10. The van der Waals surface area contributed by atoms with E-state index in [1.54, 1.807) is 11.3 Å². The van der Waals surface area contributed by atoms with Crippen LogP contribution in [-0.2, 0) is 19.5 Å². The van der Waals surface area contributed by atoms with E-state index in [1.165, 1.54) is 17.1 Å². The number of nitrogens with zero attached hydrogens (tertiary/aromatic N) is 2. The van der Waals surface area contributed by atoms with Gasteiger partial charge in [0.1, 0.15) is 5.01 Å². The van der Waals surface area contributed by atoms with E-state index in [-0.39, 0.29) is 0 Å². The third-order valence-electron chi connectivity index (χ3n) is 2.65. The van der Waals surface area contributed by atoms with Gasteiger partial charge in [-0.1, -0.05) is 13.8 Å². The molecule has 1 aliphatic heterocycles. The van der Waals surface area contributed by atoms with Crippen molar-refractivity contribution in [3.63, 3.8) is 0 Å². The minimum absolute atomic E-state index is 0.585. The van der Waals surface area contributed by atoms with Crippen molar-refractivity contribution >= 4 is 11.3 Å². The number of nitrogens with two attached hydrogens (primary N) is 1. The third kappa shape index (κ3) is 2.56. The van der Waals surface area contributed by atoms with Gasteiger partial charge in [0, 0.05) is 37.5 Å². The van der Waals surface area contributed by atoms with Gasteiger partial charge in [0.05, 0.1) is 5.69 Å². The second-order valence-electron chi connectivity index (χ2n) is 4.56. The van der Waals surface area contributed by atoms with Crippen LogP contribution in [0, 0.1) is 5.92 Å². The molecule has 0 radical (unpaired) electrons. The number of thiazole rings is 1. The van der Waals surface area contributed by atoms with Crippen LogP contribution in [0.4, 0.5) is 0 Å². The van der Waals surface area contributed by atoms with Crippen molar-refractivity contribution in [3.8, 4) is 0 Å². The molecule has 1 aliphatic rings. The fourth-order valence-corrected chi connectivity index (χ4v) is 3.10. The SMILES string of the molecule is CC(C)CN1CCc2nc(CN)sc2C1. The largest absolute Gasteiger partial charge is 0.325 e. The predicted molar refractivity (Wildman–Crippen MR) is 63.8 cm³/mol. The molecule has 0 amide bonds. The molecule has 84 valence electrons. The first-order chi connectivity index (χ1) is 7.19. The van der Waals surface area contributed by atoms with E-state index in [2.05, 4.69) is 23.7 Å². The van der Waals surface area contributed by atoms with Crippen molar-refractivity contribution in [1.29, 1.82) is 0 Å². The molecule has 0 aromatic carbocycles. The number of hydrogen-bond donors (Lipinski definition) is 1. The van der Waals surface area contributed by atoms with Crippen molar-refractivity contribution in [2.45, 2.75) is 33.4 Å². The zero-order valence-corrected chi connectivity index (χ0v) is 10.3. The first-order valence-corrected chi connectivity index (χ1v) is 6.40. The monoisotopic (exact) mass is 225 g/mol. The Bertz CT molecular complexity index is 333. The lowest BCUT2D eigenvalue weighted by Gasteiger charge is -2.27. The van der Waals surface area contributed by atoms with Crippen molar-refractivity contribution < 1.29 is 0 Å². The van der Waals surface area contributed by atoms with Gasteiger partial charge in [-0.05, 0) is 5.92 Å². The van der Waals surface area contributed by atoms with Crippen LogP contribution < -0.4 is 5.73 Å². The average Bonchev–Trinajstić information content (AvgIpc) is 2.58.